The van der Waals surface area contributed by atoms with Crippen LogP contribution >= 0.6 is 23.1 Å². The average Bonchev–Trinajstić information content (AvgIpc) is 3.44. The number of carbonyl (C=O) groups excluding carboxylic acids is 1. The average molecular weight is 410 g/mol. The molecule has 7 heteroatoms. The number of ketones is 1. The number of rotatable bonds is 7. The van der Waals surface area contributed by atoms with Gasteiger partial charge in [-0.05, 0) is 36.9 Å². The summed E-state index contributed by atoms with van der Waals surface area (Å²) in [4.78, 5) is 13.7. The van der Waals surface area contributed by atoms with Crippen molar-refractivity contribution in [2.75, 3.05) is 5.75 Å². The molecule has 0 spiro atoms. The predicted molar refractivity (Wildman–Crippen MR) is 112 cm³/mol. The Bertz CT molecular complexity index is 1080. The van der Waals surface area contributed by atoms with Gasteiger partial charge < -0.3 is 8.98 Å². The molecule has 5 nitrogen and oxygen atoms in total. The molecule has 0 unspecified atom stereocenters. The molecule has 4 aromatic rings. The highest BCUT2D eigenvalue weighted by molar-refractivity contribution is 7.99. The Kier molecular flexibility index (Phi) is 5.45. The lowest BCUT2D eigenvalue weighted by molar-refractivity contribution is 0.102. The van der Waals surface area contributed by atoms with E-state index in [2.05, 4.69) is 26.9 Å². The lowest BCUT2D eigenvalue weighted by atomic mass is 10.2. The quantitative estimate of drug-likeness (QED) is 0.309. The Balaban J connectivity index is 1.44. The minimum atomic E-state index is 0.0632. The zero-order valence-corrected chi connectivity index (χ0v) is 17.2. The number of hydrogen-bond donors (Lipinski definition) is 0. The summed E-state index contributed by atoms with van der Waals surface area (Å²) in [6.07, 6.45) is 0. The molecule has 0 radical (unpaired) electrons. The first kappa shape index (κ1) is 18.7. The number of aromatic nitrogens is 3. The van der Waals surface area contributed by atoms with Gasteiger partial charge in [-0.3, -0.25) is 4.79 Å². The molecule has 142 valence electrons. The number of benzene rings is 1. The maximum atomic E-state index is 12.8. The second-order valence-electron chi connectivity index (χ2n) is 6.42. The zero-order chi connectivity index (χ0) is 19.5. The molecule has 0 saturated carbocycles. The van der Waals surface area contributed by atoms with Crippen LogP contribution in [-0.2, 0) is 6.54 Å². The van der Waals surface area contributed by atoms with E-state index >= 15 is 0 Å². The van der Waals surface area contributed by atoms with Gasteiger partial charge in [0.15, 0.2) is 5.78 Å². The summed E-state index contributed by atoms with van der Waals surface area (Å²) in [5, 5.41) is 10.5. The largest absolute Gasteiger partial charge is 0.410 e. The van der Waals surface area contributed by atoms with Crippen LogP contribution in [0.1, 0.15) is 27.3 Å². The molecule has 0 atom stereocenters. The van der Waals surface area contributed by atoms with Gasteiger partial charge in [-0.15, -0.1) is 21.5 Å². The number of Topliss-reactive ketones (excluding diaryl/α,β-unsaturated/α-hetero) is 1. The summed E-state index contributed by atoms with van der Waals surface area (Å²) in [5.41, 5.74) is 4.02. The minimum absolute atomic E-state index is 0.0632. The van der Waals surface area contributed by atoms with Crippen molar-refractivity contribution in [2.24, 2.45) is 0 Å². The number of hydrogen-bond acceptors (Lipinski definition) is 6. The maximum absolute atomic E-state index is 12.8. The van der Waals surface area contributed by atoms with Gasteiger partial charge in [0, 0.05) is 23.5 Å². The molecule has 0 aliphatic carbocycles. The van der Waals surface area contributed by atoms with Gasteiger partial charge in [0.2, 0.25) is 0 Å². The minimum Gasteiger partial charge on any atom is -0.410 e. The highest BCUT2D eigenvalue weighted by atomic mass is 32.2. The first-order valence-electron chi connectivity index (χ1n) is 8.86. The molecule has 3 heterocycles. The van der Waals surface area contributed by atoms with Gasteiger partial charge in [-0.25, -0.2) is 0 Å². The molecule has 0 aliphatic heterocycles. The van der Waals surface area contributed by atoms with Crippen molar-refractivity contribution in [3.8, 4) is 10.8 Å². The van der Waals surface area contributed by atoms with E-state index in [1.807, 2.05) is 55.6 Å². The van der Waals surface area contributed by atoms with E-state index in [4.69, 9.17) is 4.42 Å². The van der Waals surface area contributed by atoms with Crippen molar-refractivity contribution in [1.29, 1.82) is 0 Å². The van der Waals surface area contributed by atoms with E-state index in [9.17, 15) is 4.79 Å². The summed E-state index contributed by atoms with van der Waals surface area (Å²) in [7, 11) is 0. The summed E-state index contributed by atoms with van der Waals surface area (Å²) >= 11 is 2.82. The first-order valence-corrected chi connectivity index (χ1v) is 10.7. The SMILES string of the molecule is Cc1cc(C(=O)CSc2nnc(-c3cccs3)o2)c(C)n1Cc1ccccc1. The molecule has 0 bridgehead atoms. The van der Waals surface area contributed by atoms with Crippen molar-refractivity contribution < 1.29 is 9.21 Å². The van der Waals surface area contributed by atoms with Crippen LogP contribution in [0, 0.1) is 13.8 Å². The highest BCUT2D eigenvalue weighted by Gasteiger charge is 2.18. The van der Waals surface area contributed by atoms with Crippen LogP contribution in [0.4, 0.5) is 0 Å². The first-order chi connectivity index (χ1) is 13.6. The zero-order valence-electron chi connectivity index (χ0n) is 15.6. The second-order valence-corrected chi connectivity index (χ2v) is 8.29. The monoisotopic (exact) mass is 409 g/mol. The molecule has 0 aliphatic rings. The molecule has 1 aromatic carbocycles. The predicted octanol–water partition coefficient (Wildman–Crippen LogP) is 5.24. The van der Waals surface area contributed by atoms with Gasteiger partial charge in [0.1, 0.15) is 0 Å². The third kappa shape index (κ3) is 3.95. The van der Waals surface area contributed by atoms with Crippen LogP contribution in [0.5, 0.6) is 0 Å². The third-order valence-corrected chi connectivity index (χ3v) is 6.20. The third-order valence-electron chi connectivity index (χ3n) is 4.52. The summed E-state index contributed by atoms with van der Waals surface area (Å²) < 4.78 is 7.82. The van der Waals surface area contributed by atoms with Crippen molar-refractivity contribution in [2.45, 2.75) is 25.6 Å². The van der Waals surface area contributed by atoms with Crippen molar-refractivity contribution in [3.63, 3.8) is 0 Å². The maximum Gasteiger partial charge on any atom is 0.277 e. The van der Waals surface area contributed by atoms with Crippen molar-refractivity contribution >= 4 is 28.9 Å². The van der Waals surface area contributed by atoms with E-state index < -0.39 is 0 Å². The second kappa shape index (κ2) is 8.16. The number of thiophene rings is 1. The molecular formula is C21H19N3O2S2. The van der Waals surface area contributed by atoms with Crippen LogP contribution in [-0.4, -0.2) is 26.3 Å². The Morgan fingerprint density at radius 2 is 1.96 bits per heavy atom. The van der Waals surface area contributed by atoms with Gasteiger partial charge >= 0.3 is 0 Å². The number of aryl methyl sites for hydroxylation is 1. The van der Waals surface area contributed by atoms with Crippen LogP contribution in [0.15, 0.2) is 63.6 Å². The van der Waals surface area contributed by atoms with E-state index in [0.717, 1.165) is 28.4 Å². The van der Waals surface area contributed by atoms with E-state index in [1.54, 1.807) is 11.3 Å². The Hall–Kier alpha value is -2.64. The van der Waals surface area contributed by atoms with Crippen molar-refractivity contribution in [3.05, 3.63) is 76.4 Å². The Morgan fingerprint density at radius 3 is 2.71 bits per heavy atom. The fourth-order valence-corrected chi connectivity index (χ4v) is 4.36. The molecule has 4 rings (SSSR count). The highest BCUT2D eigenvalue weighted by Crippen LogP contribution is 2.27. The fourth-order valence-electron chi connectivity index (χ4n) is 3.07. The van der Waals surface area contributed by atoms with E-state index in [-0.39, 0.29) is 11.5 Å². The summed E-state index contributed by atoms with van der Waals surface area (Å²) in [6.45, 7) is 4.79. The van der Waals surface area contributed by atoms with Gasteiger partial charge in [-0.1, -0.05) is 48.2 Å². The van der Waals surface area contributed by atoms with Gasteiger partial charge in [0.05, 0.1) is 10.6 Å². The summed E-state index contributed by atoms with van der Waals surface area (Å²) in [6, 6.07) is 16.1. The molecule has 3 aromatic heterocycles. The Morgan fingerprint density at radius 1 is 1.14 bits per heavy atom. The van der Waals surface area contributed by atoms with Crippen LogP contribution < -0.4 is 0 Å². The smallest absolute Gasteiger partial charge is 0.277 e. The lowest BCUT2D eigenvalue weighted by Crippen LogP contribution is -2.07. The van der Waals surface area contributed by atoms with Crippen LogP contribution in [0.2, 0.25) is 0 Å². The van der Waals surface area contributed by atoms with Crippen molar-refractivity contribution in [1.82, 2.24) is 14.8 Å². The van der Waals surface area contributed by atoms with Crippen LogP contribution in [0.25, 0.3) is 10.8 Å². The molecule has 0 N–H and O–H groups in total. The Labute approximate surface area is 171 Å². The van der Waals surface area contributed by atoms with E-state index in [1.165, 1.54) is 17.3 Å². The standard InChI is InChI=1S/C21H19N3O2S2/c1-14-11-17(15(2)24(14)12-16-7-4-3-5-8-16)18(25)13-28-21-23-22-20(26-21)19-9-6-10-27-19/h3-11H,12-13H2,1-2H3. The lowest BCUT2D eigenvalue weighted by Gasteiger charge is -2.09. The molecular weight excluding hydrogens is 390 g/mol. The molecule has 0 saturated heterocycles. The van der Waals surface area contributed by atoms with Gasteiger partial charge in [0.25, 0.3) is 11.1 Å². The topological polar surface area (TPSA) is 60.9 Å². The number of carbonyl (C=O) groups is 1. The normalized spacial score (nSPS) is 11.1. The van der Waals surface area contributed by atoms with Crippen LogP contribution in [0.3, 0.4) is 0 Å². The molecule has 28 heavy (non-hydrogen) atoms. The molecule has 0 fully saturated rings. The van der Waals surface area contributed by atoms with E-state index in [0.29, 0.717) is 11.1 Å². The summed E-state index contributed by atoms with van der Waals surface area (Å²) in [5.74, 6) is 0.820. The molecule has 0 amide bonds. The number of thioether (sulfide) groups is 1. The number of nitrogens with zero attached hydrogens (tertiary/aromatic N) is 3. The fraction of sp³-hybridized carbons (Fsp3) is 0.190. The van der Waals surface area contributed by atoms with Gasteiger partial charge in [-0.2, -0.15) is 0 Å².